The van der Waals surface area contributed by atoms with Crippen molar-refractivity contribution in [1.29, 1.82) is 0 Å². The van der Waals surface area contributed by atoms with Crippen LogP contribution in [-0.4, -0.2) is 38.0 Å². The summed E-state index contributed by atoms with van der Waals surface area (Å²) in [5.41, 5.74) is 2.45. The van der Waals surface area contributed by atoms with Gasteiger partial charge in [-0.3, -0.25) is 9.59 Å². The Balaban J connectivity index is 1.73. The number of hydrogen-bond acceptors (Lipinski definition) is 5. The molecule has 0 aliphatic carbocycles. The van der Waals surface area contributed by atoms with E-state index in [1.807, 2.05) is 30.3 Å². The largest absolute Gasteiger partial charge is 0.497 e. The molecule has 0 saturated carbocycles. The molecule has 0 saturated heterocycles. The number of nitrogens with one attached hydrogen (secondary N) is 1. The lowest BCUT2D eigenvalue weighted by atomic mass is 10.0. The molecule has 4 rings (SSSR count). The average molecular weight is 432 g/mol. The molecule has 1 atom stereocenters. The second-order valence-electron chi connectivity index (χ2n) is 7.30. The van der Waals surface area contributed by atoms with Crippen LogP contribution in [0.4, 0.5) is 5.69 Å². The summed E-state index contributed by atoms with van der Waals surface area (Å²) in [6, 6.07) is 19.2. The zero-order valence-corrected chi connectivity index (χ0v) is 18.1. The molecule has 1 unspecified atom stereocenters. The molecule has 0 bridgehead atoms. The first-order chi connectivity index (χ1) is 15.6. The van der Waals surface area contributed by atoms with E-state index in [2.05, 4.69) is 5.32 Å². The lowest BCUT2D eigenvalue weighted by Crippen LogP contribution is -2.35. The van der Waals surface area contributed by atoms with Crippen molar-refractivity contribution >= 4 is 17.5 Å². The van der Waals surface area contributed by atoms with E-state index in [1.165, 1.54) is 14.2 Å². The second-order valence-corrected chi connectivity index (χ2v) is 7.30. The lowest BCUT2D eigenvalue weighted by molar-refractivity contribution is -0.120. The second kappa shape index (κ2) is 9.01. The van der Waals surface area contributed by atoms with Crippen LogP contribution < -0.4 is 19.5 Å². The molecular formula is C25H24N2O5. The fraction of sp³-hybridized carbons (Fsp3) is 0.200. The summed E-state index contributed by atoms with van der Waals surface area (Å²) < 4.78 is 16.0. The molecule has 164 valence electrons. The van der Waals surface area contributed by atoms with Gasteiger partial charge in [0.25, 0.3) is 11.8 Å². The van der Waals surface area contributed by atoms with E-state index in [0.29, 0.717) is 34.1 Å². The highest BCUT2D eigenvalue weighted by molar-refractivity contribution is 6.09. The zero-order chi connectivity index (χ0) is 22.7. The molecule has 1 aliphatic rings. The maximum atomic E-state index is 13.5. The Morgan fingerprint density at radius 3 is 2.25 bits per heavy atom. The highest BCUT2D eigenvalue weighted by Crippen LogP contribution is 2.44. The molecule has 2 amide bonds. The summed E-state index contributed by atoms with van der Waals surface area (Å²) in [6.07, 6.45) is 0. The first-order valence-corrected chi connectivity index (χ1v) is 10.1. The summed E-state index contributed by atoms with van der Waals surface area (Å²) in [5, 5.41) is 2.92. The first kappa shape index (κ1) is 21.2. The van der Waals surface area contributed by atoms with Crippen molar-refractivity contribution in [3.8, 4) is 17.2 Å². The molecule has 3 aromatic rings. The molecule has 1 N–H and O–H groups in total. The normalized spacial score (nSPS) is 14.7. The number of fused-ring (bicyclic) bond motifs is 1. The summed E-state index contributed by atoms with van der Waals surface area (Å²) in [5.74, 6) is 0.857. The molecule has 7 nitrogen and oxygen atoms in total. The van der Waals surface area contributed by atoms with E-state index in [1.54, 1.807) is 48.4 Å². The smallest absolute Gasteiger partial charge is 0.259 e. The fourth-order valence-corrected chi connectivity index (χ4v) is 3.93. The van der Waals surface area contributed by atoms with Crippen molar-refractivity contribution < 1.29 is 23.8 Å². The zero-order valence-electron chi connectivity index (χ0n) is 18.1. The van der Waals surface area contributed by atoms with Crippen molar-refractivity contribution in [1.82, 2.24) is 4.90 Å². The van der Waals surface area contributed by atoms with Crippen LogP contribution in [0.3, 0.4) is 0 Å². The number of ether oxygens (including phenoxy) is 3. The third kappa shape index (κ3) is 3.85. The number of carbonyl (C=O) groups is 2. The van der Waals surface area contributed by atoms with Crippen LogP contribution in [0.1, 0.15) is 27.5 Å². The Hall–Kier alpha value is -4.00. The van der Waals surface area contributed by atoms with E-state index >= 15 is 0 Å². The molecule has 3 aromatic carbocycles. The summed E-state index contributed by atoms with van der Waals surface area (Å²) in [4.78, 5) is 28.5. The van der Waals surface area contributed by atoms with Crippen LogP contribution >= 0.6 is 0 Å². The van der Waals surface area contributed by atoms with Crippen LogP contribution in [0.25, 0.3) is 0 Å². The Morgan fingerprint density at radius 1 is 0.906 bits per heavy atom. The van der Waals surface area contributed by atoms with Gasteiger partial charge >= 0.3 is 0 Å². The molecule has 7 heteroatoms. The van der Waals surface area contributed by atoms with E-state index in [9.17, 15) is 9.59 Å². The first-order valence-electron chi connectivity index (χ1n) is 10.1. The van der Waals surface area contributed by atoms with Crippen molar-refractivity contribution in [2.24, 2.45) is 0 Å². The van der Waals surface area contributed by atoms with Crippen molar-refractivity contribution in [2.75, 3.05) is 26.6 Å². The fourth-order valence-electron chi connectivity index (χ4n) is 3.93. The molecular weight excluding hydrogens is 408 g/mol. The van der Waals surface area contributed by atoms with E-state index in [-0.39, 0.29) is 18.4 Å². The van der Waals surface area contributed by atoms with Gasteiger partial charge in [-0.25, -0.2) is 0 Å². The van der Waals surface area contributed by atoms with E-state index in [0.717, 1.165) is 5.56 Å². The summed E-state index contributed by atoms with van der Waals surface area (Å²) >= 11 is 0. The molecule has 32 heavy (non-hydrogen) atoms. The number of nitrogens with zero attached hydrogens (tertiary/aromatic N) is 1. The molecule has 0 fully saturated rings. The standard InChI is InChI=1S/C25H24N2O5/c1-30-18-11-9-17(10-12-18)26-24(28)22-19-13-14-20(31-2)23(32-3)21(19)25(29)27(22)15-16-7-5-4-6-8-16/h4-14,22H,15H2,1-3H3,(H,26,28). The highest BCUT2D eigenvalue weighted by Gasteiger charge is 2.44. The maximum Gasteiger partial charge on any atom is 0.259 e. The van der Waals surface area contributed by atoms with Crippen LogP contribution in [0.5, 0.6) is 17.2 Å². The predicted molar refractivity (Wildman–Crippen MR) is 120 cm³/mol. The summed E-state index contributed by atoms with van der Waals surface area (Å²) in [6.45, 7) is 0.278. The van der Waals surface area contributed by atoms with Gasteiger partial charge in [-0.1, -0.05) is 36.4 Å². The number of methoxy groups -OCH3 is 3. The number of anilines is 1. The van der Waals surface area contributed by atoms with Crippen LogP contribution in [-0.2, 0) is 11.3 Å². The Morgan fingerprint density at radius 2 is 1.62 bits per heavy atom. The minimum atomic E-state index is -0.820. The number of carbonyl (C=O) groups excluding carboxylic acids is 2. The van der Waals surface area contributed by atoms with E-state index < -0.39 is 6.04 Å². The van der Waals surface area contributed by atoms with Gasteiger partial charge < -0.3 is 24.4 Å². The van der Waals surface area contributed by atoms with E-state index in [4.69, 9.17) is 14.2 Å². The van der Waals surface area contributed by atoms with Crippen molar-refractivity contribution in [3.63, 3.8) is 0 Å². The Kier molecular flexibility index (Phi) is 5.98. The molecule has 0 radical (unpaired) electrons. The van der Waals surface area contributed by atoms with Gasteiger partial charge in [-0.05, 0) is 35.9 Å². The quantitative estimate of drug-likeness (QED) is 0.610. The minimum Gasteiger partial charge on any atom is -0.497 e. The predicted octanol–water partition coefficient (Wildman–Crippen LogP) is 4.05. The number of hydrogen-bond donors (Lipinski definition) is 1. The molecule has 0 aromatic heterocycles. The van der Waals surface area contributed by atoms with Crippen molar-refractivity contribution in [3.05, 3.63) is 83.4 Å². The van der Waals surface area contributed by atoms with Gasteiger partial charge in [0.1, 0.15) is 11.8 Å². The van der Waals surface area contributed by atoms with Gasteiger partial charge in [0.15, 0.2) is 11.5 Å². The van der Waals surface area contributed by atoms with Crippen LogP contribution in [0.2, 0.25) is 0 Å². The van der Waals surface area contributed by atoms with Crippen molar-refractivity contribution in [2.45, 2.75) is 12.6 Å². The Bertz CT molecular complexity index is 1130. The summed E-state index contributed by atoms with van der Waals surface area (Å²) in [7, 11) is 4.58. The topological polar surface area (TPSA) is 77.1 Å². The minimum absolute atomic E-state index is 0.278. The SMILES string of the molecule is COc1ccc(NC(=O)C2c3ccc(OC)c(OC)c3C(=O)N2Cc2ccccc2)cc1. The Labute approximate surface area is 186 Å². The molecule has 1 aliphatic heterocycles. The average Bonchev–Trinajstić information content (AvgIpc) is 3.11. The van der Waals surface area contributed by atoms with Gasteiger partial charge in [-0.15, -0.1) is 0 Å². The van der Waals surface area contributed by atoms with Gasteiger partial charge in [0.2, 0.25) is 0 Å². The number of benzene rings is 3. The van der Waals surface area contributed by atoms with Gasteiger partial charge in [0, 0.05) is 17.8 Å². The highest BCUT2D eigenvalue weighted by atomic mass is 16.5. The molecule has 0 spiro atoms. The maximum absolute atomic E-state index is 13.5. The lowest BCUT2D eigenvalue weighted by Gasteiger charge is -2.24. The van der Waals surface area contributed by atoms with Gasteiger partial charge in [0.05, 0.1) is 26.9 Å². The third-order valence-electron chi connectivity index (χ3n) is 5.46. The number of amides is 2. The number of rotatable bonds is 7. The van der Waals surface area contributed by atoms with Crippen LogP contribution in [0.15, 0.2) is 66.7 Å². The van der Waals surface area contributed by atoms with Gasteiger partial charge in [-0.2, -0.15) is 0 Å². The third-order valence-corrected chi connectivity index (χ3v) is 5.46. The monoisotopic (exact) mass is 432 g/mol. The molecule has 1 heterocycles. The van der Waals surface area contributed by atoms with Crippen LogP contribution in [0, 0.1) is 0 Å².